The fraction of sp³-hybridized carbons (Fsp3) is 0.400. The van der Waals surface area contributed by atoms with Crippen LogP contribution >= 0.6 is 0 Å². The molecule has 0 spiro atoms. The molecule has 1 aromatic carbocycles. The second-order valence-corrected chi connectivity index (χ2v) is 5.69. The van der Waals surface area contributed by atoms with E-state index in [1.54, 1.807) is 4.68 Å². The van der Waals surface area contributed by atoms with E-state index in [9.17, 15) is 4.79 Å². The Hall–Kier alpha value is -2.37. The first kappa shape index (κ1) is 15.0. The summed E-state index contributed by atoms with van der Waals surface area (Å²) in [6.07, 6.45) is 1.44. The van der Waals surface area contributed by atoms with Crippen molar-refractivity contribution in [2.45, 2.75) is 39.3 Å². The van der Waals surface area contributed by atoms with Crippen LogP contribution in [0.15, 0.2) is 36.7 Å². The smallest absolute Gasteiger partial charge is 0.251 e. The highest BCUT2D eigenvalue weighted by Crippen LogP contribution is 2.17. The van der Waals surface area contributed by atoms with Crippen LogP contribution in [0.3, 0.4) is 0 Å². The molecule has 0 aliphatic heterocycles. The normalized spacial score (nSPS) is 11.5. The maximum Gasteiger partial charge on any atom is 0.251 e. The van der Waals surface area contributed by atoms with Crippen molar-refractivity contribution in [3.8, 4) is 0 Å². The molecule has 0 aliphatic carbocycles. The lowest BCUT2D eigenvalue weighted by Crippen LogP contribution is -2.44. The zero-order valence-electron chi connectivity index (χ0n) is 12.8. The minimum atomic E-state index is -0.769. The summed E-state index contributed by atoms with van der Waals surface area (Å²) < 4.78 is 1.68. The minimum absolute atomic E-state index is 0.132. The fourth-order valence-corrected chi connectivity index (χ4v) is 1.91. The molecule has 0 radical (unpaired) electrons. The standard InChI is InChI=1S/C15H21N5O/c1-11(2)20-14(16-10-17-20)18-13(21)15(3,4)19-12-8-6-5-7-9-12/h5-11,19H,1-4H3,(H,16,17,18,21). The van der Waals surface area contributed by atoms with Gasteiger partial charge in [0, 0.05) is 5.69 Å². The van der Waals surface area contributed by atoms with Gasteiger partial charge in [0.1, 0.15) is 11.9 Å². The van der Waals surface area contributed by atoms with Crippen molar-refractivity contribution in [2.75, 3.05) is 10.6 Å². The Morgan fingerprint density at radius 3 is 2.52 bits per heavy atom. The van der Waals surface area contributed by atoms with E-state index in [1.807, 2.05) is 58.0 Å². The van der Waals surface area contributed by atoms with Gasteiger partial charge in [-0.05, 0) is 39.8 Å². The summed E-state index contributed by atoms with van der Waals surface area (Å²) in [5.41, 5.74) is 0.123. The molecular formula is C15H21N5O. The van der Waals surface area contributed by atoms with Crippen LogP contribution in [0.25, 0.3) is 0 Å². The summed E-state index contributed by atoms with van der Waals surface area (Å²) in [7, 11) is 0. The average Bonchev–Trinajstić information content (AvgIpc) is 2.87. The molecule has 112 valence electrons. The van der Waals surface area contributed by atoms with Gasteiger partial charge < -0.3 is 5.32 Å². The van der Waals surface area contributed by atoms with Gasteiger partial charge >= 0.3 is 0 Å². The van der Waals surface area contributed by atoms with Crippen molar-refractivity contribution < 1.29 is 4.79 Å². The number of anilines is 2. The second-order valence-electron chi connectivity index (χ2n) is 5.69. The molecular weight excluding hydrogens is 266 g/mol. The molecule has 1 heterocycles. The fourth-order valence-electron chi connectivity index (χ4n) is 1.91. The van der Waals surface area contributed by atoms with Gasteiger partial charge in [0.25, 0.3) is 5.91 Å². The molecule has 0 saturated heterocycles. The number of nitrogens with zero attached hydrogens (tertiary/aromatic N) is 3. The quantitative estimate of drug-likeness (QED) is 0.887. The predicted molar refractivity (Wildman–Crippen MR) is 83.2 cm³/mol. The Kier molecular flexibility index (Phi) is 4.26. The third kappa shape index (κ3) is 3.59. The van der Waals surface area contributed by atoms with Gasteiger partial charge in [-0.15, -0.1) is 0 Å². The molecule has 0 atom stereocenters. The molecule has 0 bridgehead atoms. The maximum absolute atomic E-state index is 12.5. The molecule has 1 aromatic heterocycles. The number of benzene rings is 1. The van der Waals surface area contributed by atoms with E-state index < -0.39 is 5.54 Å². The van der Waals surface area contributed by atoms with Crippen molar-refractivity contribution in [1.82, 2.24) is 14.8 Å². The average molecular weight is 287 g/mol. The van der Waals surface area contributed by atoms with Crippen LogP contribution in [-0.4, -0.2) is 26.2 Å². The number of hydrogen-bond donors (Lipinski definition) is 2. The van der Waals surface area contributed by atoms with Gasteiger partial charge in [-0.25, -0.2) is 4.68 Å². The lowest BCUT2D eigenvalue weighted by molar-refractivity contribution is -0.119. The highest BCUT2D eigenvalue weighted by atomic mass is 16.2. The number of nitrogens with one attached hydrogen (secondary N) is 2. The highest BCUT2D eigenvalue weighted by Gasteiger charge is 2.28. The van der Waals surface area contributed by atoms with Crippen LogP contribution in [0.2, 0.25) is 0 Å². The number of para-hydroxylation sites is 1. The van der Waals surface area contributed by atoms with Gasteiger partial charge in [-0.2, -0.15) is 10.1 Å². The molecule has 0 fully saturated rings. The van der Waals surface area contributed by atoms with Crippen molar-refractivity contribution in [2.24, 2.45) is 0 Å². The molecule has 2 rings (SSSR count). The highest BCUT2D eigenvalue weighted by molar-refractivity contribution is 5.98. The molecule has 2 aromatic rings. The molecule has 0 unspecified atom stereocenters. The molecule has 21 heavy (non-hydrogen) atoms. The summed E-state index contributed by atoms with van der Waals surface area (Å²) in [6.45, 7) is 7.62. The largest absolute Gasteiger partial charge is 0.372 e. The van der Waals surface area contributed by atoms with E-state index in [0.29, 0.717) is 5.95 Å². The van der Waals surface area contributed by atoms with Gasteiger partial charge in [0.2, 0.25) is 5.95 Å². The Balaban J connectivity index is 2.09. The van der Waals surface area contributed by atoms with Crippen molar-refractivity contribution in [3.63, 3.8) is 0 Å². The Labute approximate surface area is 124 Å². The third-order valence-corrected chi connectivity index (χ3v) is 3.09. The first-order chi connectivity index (χ1) is 9.90. The molecule has 6 nitrogen and oxygen atoms in total. The maximum atomic E-state index is 12.5. The minimum Gasteiger partial charge on any atom is -0.372 e. The van der Waals surface area contributed by atoms with E-state index in [-0.39, 0.29) is 11.9 Å². The lowest BCUT2D eigenvalue weighted by Gasteiger charge is -2.26. The Morgan fingerprint density at radius 2 is 1.90 bits per heavy atom. The first-order valence-electron chi connectivity index (χ1n) is 6.94. The van der Waals surface area contributed by atoms with Crippen molar-refractivity contribution in [3.05, 3.63) is 36.7 Å². The van der Waals surface area contributed by atoms with Gasteiger partial charge in [0.15, 0.2) is 0 Å². The number of amides is 1. The topological polar surface area (TPSA) is 71.8 Å². The summed E-state index contributed by atoms with van der Waals surface area (Å²) in [5, 5.41) is 10.1. The molecule has 0 saturated carbocycles. The first-order valence-corrected chi connectivity index (χ1v) is 6.94. The van der Waals surface area contributed by atoms with Crippen LogP contribution in [0.4, 0.5) is 11.6 Å². The molecule has 1 amide bonds. The van der Waals surface area contributed by atoms with E-state index >= 15 is 0 Å². The Bertz CT molecular complexity index is 604. The number of aromatic nitrogens is 3. The van der Waals surface area contributed by atoms with Crippen LogP contribution < -0.4 is 10.6 Å². The van der Waals surface area contributed by atoms with Crippen LogP contribution in [-0.2, 0) is 4.79 Å². The number of carbonyl (C=O) groups is 1. The second kappa shape index (κ2) is 5.95. The van der Waals surface area contributed by atoms with Gasteiger partial charge in [-0.3, -0.25) is 10.1 Å². The molecule has 0 aliphatic rings. The van der Waals surface area contributed by atoms with Crippen molar-refractivity contribution >= 4 is 17.5 Å². The zero-order valence-corrected chi connectivity index (χ0v) is 12.8. The predicted octanol–water partition coefficient (Wildman–Crippen LogP) is 2.69. The number of hydrogen-bond acceptors (Lipinski definition) is 4. The van der Waals surface area contributed by atoms with E-state index in [1.165, 1.54) is 6.33 Å². The summed E-state index contributed by atoms with van der Waals surface area (Å²) in [6, 6.07) is 9.76. The zero-order chi connectivity index (χ0) is 15.5. The Morgan fingerprint density at radius 1 is 1.24 bits per heavy atom. The van der Waals surface area contributed by atoms with E-state index in [4.69, 9.17) is 0 Å². The summed E-state index contributed by atoms with van der Waals surface area (Å²) >= 11 is 0. The lowest BCUT2D eigenvalue weighted by atomic mass is 10.0. The van der Waals surface area contributed by atoms with Gasteiger partial charge in [0.05, 0.1) is 6.04 Å². The van der Waals surface area contributed by atoms with Crippen molar-refractivity contribution in [1.29, 1.82) is 0 Å². The monoisotopic (exact) mass is 287 g/mol. The summed E-state index contributed by atoms with van der Waals surface area (Å²) in [5.74, 6) is 0.291. The van der Waals surface area contributed by atoms with Crippen LogP contribution in [0.1, 0.15) is 33.7 Å². The third-order valence-electron chi connectivity index (χ3n) is 3.09. The molecule has 2 N–H and O–H groups in total. The SMILES string of the molecule is CC(C)n1ncnc1NC(=O)C(C)(C)Nc1ccccc1. The number of carbonyl (C=O) groups excluding carboxylic acids is 1. The van der Waals surface area contributed by atoms with E-state index in [2.05, 4.69) is 20.7 Å². The van der Waals surface area contributed by atoms with Crippen LogP contribution in [0, 0.1) is 0 Å². The van der Waals surface area contributed by atoms with Crippen LogP contribution in [0.5, 0.6) is 0 Å². The molecule has 6 heteroatoms. The summed E-state index contributed by atoms with van der Waals surface area (Å²) in [4.78, 5) is 16.5. The van der Waals surface area contributed by atoms with E-state index in [0.717, 1.165) is 5.69 Å². The number of rotatable bonds is 5. The van der Waals surface area contributed by atoms with Gasteiger partial charge in [-0.1, -0.05) is 18.2 Å².